The highest BCUT2D eigenvalue weighted by Gasteiger charge is 2.07. The molecule has 0 aromatic carbocycles. The van der Waals surface area contributed by atoms with Crippen LogP contribution in [0, 0.1) is 0 Å². The van der Waals surface area contributed by atoms with Crippen LogP contribution in [-0.2, 0) is 6.42 Å². The lowest BCUT2D eigenvalue weighted by molar-refractivity contribution is 0.577. The summed E-state index contributed by atoms with van der Waals surface area (Å²) in [7, 11) is 0. The van der Waals surface area contributed by atoms with Gasteiger partial charge in [-0.3, -0.25) is 0 Å². The molecule has 3 N–H and O–H groups in total. The molecule has 0 unspecified atom stereocenters. The van der Waals surface area contributed by atoms with E-state index in [2.05, 4.69) is 15.4 Å². The Morgan fingerprint density at radius 3 is 2.93 bits per heavy atom. The van der Waals surface area contributed by atoms with Crippen molar-refractivity contribution < 1.29 is 4.42 Å². The number of nitrogens with zero attached hydrogens (tertiary/aromatic N) is 2. The molecule has 0 radical (unpaired) electrons. The van der Waals surface area contributed by atoms with Gasteiger partial charge in [0.05, 0.1) is 6.26 Å². The fourth-order valence-corrected chi connectivity index (χ4v) is 1.27. The second-order valence-corrected chi connectivity index (χ2v) is 3.04. The highest BCUT2D eigenvalue weighted by molar-refractivity contribution is 5.50. The van der Waals surface area contributed by atoms with Gasteiger partial charge in [0.2, 0.25) is 0 Å². The van der Waals surface area contributed by atoms with Gasteiger partial charge in [-0.25, -0.2) is 15.8 Å². The molecule has 0 aliphatic rings. The Kier molecular flexibility index (Phi) is 2.64. The van der Waals surface area contributed by atoms with Gasteiger partial charge in [0.15, 0.2) is 11.6 Å². The first kappa shape index (κ1) is 9.67. The number of nitrogen functional groups attached to an aromatic ring is 1. The third-order valence-corrected chi connectivity index (χ3v) is 2.03. The number of rotatable bonds is 3. The van der Waals surface area contributed by atoms with E-state index >= 15 is 0 Å². The average molecular weight is 204 g/mol. The first-order valence-electron chi connectivity index (χ1n) is 4.72. The first-order chi connectivity index (χ1) is 7.33. The topological polar surface area (TPSA) is 77.0 Å². The van der Waals surface area contributed by atoms with Crippen molar-refractivity contribution >= 4 is 5.82 Å². The van der Waals surface area contributed by atoms with Crippen LogP contribution in [0.5, 0.6) is 0 Å². The average Bonchev–Trinajstić information content (AvgIpc) is 2.81. The number of aryl methyl sites for hydroxylation is 1. The molecule has 0 fully saturated rings. The molecule has 5 nitrogen and oxygen atoms in total. The minimum atomic E-state index is 0.548. The van der Waals surface area contributed by atoms with E-state index in [1.54, 1.807) is 12.3 Å². The highest BCUT2D eigenvalue weighted by Crippen LogP contribution is 2.18. The number of nitrogens with two attached hydrogens (primary N) is 1. The Balaban J connectivity index is 2.47. The largest absolute Gasteiger partial charge is 0.461 e. The lowest BCUT2D eigenvalue weighted by atomic mass is 10.3. The summed E-state index contributed by atoms with van der Waals surface area (Å²) in [6.45, 7) is 2.02. The molecule has 0 saturated carbocycles. The molecular weight excluding hydrogens is 192 g/mol. The van der Waals surface area contributed by atoms with Crippen molar-refractivity contribution in [3.63, 3.8) is 0 Å². The van der Waals surface area contributed by atoms with Crippen molar-refractivity contribution in [3.8, 4) is 11.6 Å². The van der Waals surface area contributed by atoms with E-state index in [1.807, 2.05) is 19.1 Å². The number of hydrogen-bond acceptors (Lipinski definition) is 5. The maximum Gasteiger partial charge on any atom is 0.197 e. The second-order valence-electron chi connectivity index (χ2n) is 3.04. The zero-order valence-electron chi connectivity index (χ0n) is 8.40. The molecule has 2 aromatic rings. The number of aromatic nitrogens is 2. The summed E-state index contributed by atoms with van der Waals surface area (Å²) in [5.41, 5.74) is 3.43. The predicted molar refractivity (Wildman–Crippen MR) is 56.9 cm³/mol. The maximum absolute atomic E-state index is 5.32. The summed E-state index contributed by atoms with van der Waals surface area (Å²) < 4.78 is 5.22. The van der Waals surface area contributed by atoms with Crippen LogP contribution in [0.1, 0.15) is 12.6 Å². The Labute approximate surface area is 87.3 Å². The standard InChI is InChI=1S/C10H12N4O/c1-2-7-6-9(14-11)13-10(12-7)8-4-3-5-15-8/h3-6H,2,11H2,1H3,(H,12,13,14). The summed E-state index contributed by atoms with van der Waals surface area (Å²) in [5.74, 6) is 7.10. The first-order valence-corrected chi connectivity index (χ1v) is 4.72. The van der Waals surface area contributed by atoms with Crippen LogP contribution >= 0.6 is 0 Å². The van der Waals surface area contributed by atoms with E-state index in [-0.39, 0.29) is 0 Å². The summed E-state index contributed by atoms with van der Waals surface area (Å²) in [5, 5.41) is 0. The van der Waals surface area contributed by atoms with Crippen molar-refractivity contribution in [2.45, 2.75) is 13.3 Å². The molecule has 78 valence electrons. The number of furan rings is 1. The minimum Gasteiger partial charge on any atom is -0.461 e. The molecule has 0 aliphatic carbocycles. The van der Waals surface area contributed by atoms with E-state index < -0.39 is 0 Å². The molecule has 0 amide bonds. The van der Waals surface area contributed by atoms with Gasteiger partial charge >= 0.3 is 0 Å². The number of nitrogens with one attached hydrogen (secondary N) is 1. The molecule has 5 heteroatoms. The van der Waals surface area contributed by atoms with Crippen molar-refractivity contribution in [2.75, 3.05) is 5.43 Å². The van der Waals surface area contributed by atoms with Gasteiger partial charge < -0.3 is 9.84 Å². The highest BCUT2D eigenvalue weighted by atomic mass is 16.3. The molecule has 0 saturated heterocycles. The molecule has 0 aliphatic heterocycles. The fourth-order valence-electron chi connectivity index (χ4n) is 1.27. The molecule has 2 rings (SSSR count). The Morgan fingerprint density at radius 1 is 1.47 bits per heavy atom. The zero-order chi connectivity index (χ0) is 10.7. The second kappa shape index (κ2) is 4.10. The van der Waals surface area contributed by atoms with Crippen LogP contribution in [-0.4, -0.2) is 9.97 Å². The maximum atomic E-state index is 5.32. The molecule has 0 bridgehead atoms. The van der Waals surface area contributed by atoms with Crippen molar-refractivity contribution in [1.82, 2.24) is 9.97 Å². The number of hydrazine groups is 1. The lowest BCUT2D eigenvalue weighted by Crippen LogP contribution is -2.10. The normalized spacial score (nSPS) is 10.3. The summed E-state index contributed by atoms with van der Waals surface area (Å²) >= 11 is 0. The van der Waals surface area contributed by atoms with Crippen LogP contribution in [0.15, 0.2) is 28.9 Å². The van der Waals surface area contributed by atoms with E-state index in [0.717, 1.165) is 12.1 Å². The van der Waals surface area contributed by atoms with Crippen LogP contribution in [0.3, 0.4) is 0 Å². The van der Waals surface area contributed by atoms with Gasteiger partial charge in [-0.15, -0.1) is 0 Å². The van der Waals surface area contributed by atoms with Crippen LogP contribution < -0.4 is 11.3 Å². The van der Waals surface area contributed by atoms with Gasteiger partial charge in [-0.05, 0) is 18.6 Å². The third-order valence-electron chi connectivity index (χ3n) is 2.03. The van der Waals surface area contributed by atoms with Crippen LogP contribution in [0.4, 0.5) is 5.82 Å². The zero-order valence-corrected chi connectivity index (χ0v) is 8.40. The molecule has 15 heavy (non-hydrogen) atoms. The number of anilines is 1. The van der Waals surface area contributed by atoms with E-state index in [1.165, 1.54) is 0 Å². The van der Waals surface area contributed by atoms with Gasteiger partial charge in [0, 0.05) is 11.8 Å². The van der Waals surface area contributed by atoms with Gasteiger partial charge in [0.25, 0.3) is 0 Å². The van der Waals surface area contributed by atoms with E-state index in [4.69, 9.17) is 10.3 Å². The van der Waals surface area contributed by atoms with Crippen molar-refractivity contribution in [3.05, 3.63) is 30.2 Å². The fraction of sp³-hybridized carbons (Fsp3) is 0.200. The van der Waals surface area contributed by atoms with Gasteiger partial charge in [-0.2, -0.15) is 0 Å². The van der Waals surface area contributed by atoms with E-state index in [0.29, 0.717) is 17.4 Å². The van der Waals surface area contributed by atoms with Crippen LogP contribution in [0.2, 0.25) is 0 Å². The quantitative estimate of drug-likeness (QED) is 0.586. The Hall–Kier alpha value is -1.88. The Morgan fingerprint density at radius 2 is 2.33 bits per heavy atom. The molecule has 2 aromatic heterocycles. The smallest absolute Gasteiger partial charge is 0.197 e. The monoisotopic (exact) mass is 204 g/mol. The summed E-state index contributed by atoms with van der Waals surface area (Å²) in [6.07, 6.45) is 2.41. The van der Waals surface area contributed by atoms with Crippen molar-refractivity contribution in [1.29, 1.82) is 0 Å². The van der Waals surface area contributed by atoms with Crippen molar-refractivity contribution in [2.24, 2.45) is 5.84 Å². The number of hydrogen-bond donors (Lipinski definition) is 2. The van der Waals surface area contributed by atoms with Gasteiger partial charge in [-0.1, -0.05) is 6.92 Å². The SMILES string of the molecule is CCc1cc(NN)nc(-c2ccco2)n1. The molecule has 2 heterocycles. The minimum absolute atomic E-state index is 0.548. The predicted octanol–water partition coefficient (Wildman–Crippen LogP) is 1.58. The summed E-state index contributed by atoms with van der Waals surface area (Å²) in [6, 6.07) is 5.42. The molecule has 0 spiro atoms. The summed E-state index contributed by atoms with van der Waals surface area (Å²) in [4.78, 5) is 8.54. The van der Waals surface area contributed by atoms with E-state index in [9.17, 15) is 0 Å². The Bertz CT molecular complexity index is 416. The van der Waals surface area contributed by atoms with Crippen LogP contribution in [0.25, 0.3) is 11.6 Å². The lowest BCUT2D eigenvalue weighted by Gasteiger charge is -2.04. The third kappa shape index (κ3) is 1.97. The molecular formula is C10H12N4O. The van der Waals surface area contributed by atoms with Gasteiger partial charge in [0.1, 0.15) is 5.82 Å². The molecule has 0 atom stereocenters.